The fraction of sp³-hybridized carbons (Fsp3) is 0.384. The first-order valence-electron chi connectivity index (χ1n) is 52.1. The number of H-pyrrole nitrogens is 5. The number of ether oxygens (including phenoxy) is 7. The molecule has 5 aliphatic rings. The largest absolute Gasteiger partial charge is 0.493 e. The van der Waals surface area contributed by atoms with Crippen LogP contribution in [0.2, 0.25) is 15.1 Å². The predicted octanol–water partition coefficient (Wildman–Crippen LogP) is 18.3. The van der Waals surface area contributed by atoms with E-state index in [0.717, 1.165) is 324 Å². The molecular formula is C112H135Cl3N28O7. The first-order chi connectivity index (χ1) is 74.0. The lowest BCUT2D eigenvalue weighted by Gasteiger charge is -2.36. The van der Waals surface area contributed by atoms with Crippen molar-refractivity contribution in [1.29, 1.82) is 5.26 Å². The molecule has 17 heterocycles. The van der Waals surface area contributed by atoms with Crippen LogP contribution in [-0.4, -0.2) is 321 Å². The number of benzene rings is 3. The Balaban J connectivity index is 0.000000133. The normalized spacial score (nSPS) is 14.7. The third-order valence-corrected chi connectivity index (χ3v) is 27.5. The maximum atomic E-state index is 9.27. The molecule has 150 heavy (non-hydrogen) atoms. The summed E-state index contributed by atoms with van der Waals surface area (Å²) in [6, 6.07) is 70.4. The van der Waals surface area contributed by atoms with Crippen LogP contribution < -0.4 is 57.7 Å². The van der Waals surface area contributed by atoms with E-state index in [-0.39, 0.29) is 0 Å². The molecule has 5 fully saturated rings. The number of methoxy groups -OCH3 is 1. The van der Waals surface area contributed by atoms with Gasteiger partial charge in [0, 0.05) is 205 Å². The molecule has 5 saturated heterocycles. The Morgan fingerprint density at radius 3 is 0.913 bits per heavy atom. The lowest BCUT2D eigenvalue weighted by molar-refractivity contribution is 0.236. The fourth-order valence-corrected chi connectivity index (χ4v) is 18.9. The van der Waals surface area contributed by atoms with Crippen LogP contribution in [0.5, 0.6) is 40.9 Å². The van der Waals surface area contributed by atoms with Crippen LogP contribution in [0.25, 0.3) is 56.9 Å². The minimum atomic E-state index is 0.612. The zero-order chi connectivity index (χ0) is 103. The van der Waals surface area contributed by atoms with Gasteiger partial charge in [0.05, 0.1) is 141 Å². The number of para-hydroxylation sites is 3. The van der Waals surface area contributed by atoms with Crippen molar-refractivity contribution in [2.75, 3.05) is 235 Å². The second-order valence-electron chi connectivity index (χ2n) is 36.5. The van der Waals surface area contributed by atoms with E-state index in [9.17, 15) is 5.26 Å². The number of piperazine rings is 5. The third-order valence-electron chi connectivity index (χ3n) is 26.4. The van der Waals surface area contributed by atoms with E-state index in [0.29, 0.717) is 84.6 Å². The molecule has 12 aromatic heterocycles. The zero-order valence-corrected chi connectivity index (χ0v) is 87.8. The number of nitrogens with one attached hydrogen (secondary N) is 5. The van der Waals surface area contributed by atoms with Crippen molar-refractivity contribution < 1.29 is 33.2 Å². The van der Waals surface area contributed by atoms with E-state index in [1.807, 2.05) is 201 Å². The van der Waals surface area contributed by atoms with Gasteiger partial charge in [-0.05, 0) is 225 Å². The Morgan fingerprint density at radius 2 is 0.573 bits per heavy atom. The van der Waals surface area contributed by atoms with Crippen LogP contribution in [0.15, 0.2) is 256 Å². The third kappa shape index (κ3) is 33.3. The Kier molecular flexibility index (Phi) is 42.6. The van der Waals surface area contributed by atoms with E-state index in [2.05, 4.69) is 165 Å². The number of hydrogen-bond acceptors (Lipinski definition) is 30. The molecule has 786 valence electrons. The number of nitriles is 1. The molecule has 35 nitrogen and oxygen atoms in total. The van der Waals surface area contributed by atoms with Crippen LogP contribution >= 0.6 is 34.8 Å². The van der Waals surface area contributed by atoms with E-state index in [1.165, 1.54) is 5.69 Å². The summed E-state index contributed by atoms with van der Waals surface area (Å²) in [5.74, 6) is 6.83. The summed E-state index contributed by atoms with van der Waals surface area (Å²) in [6.45, 7) is 31.6. The summed E-state index contributed by atoms with van der Waals surface area (Å²) in [4.78, 5) is 55.7. The molecule has 0 unspecified atom stereocenters. The molecular weight excluding hydrogens is 1960 g/mol. The standard InChI is InChI=1S/C24H31N5O2.C22H25Cl2N5O.C22H26ClN5O.C22H25N7O.C22H28N6O2/c1-2-30-23-10-4-3-9-22(23)29-17-15-28(16-18-29)14-5-6-19-31-24-11-7-8-20(26-24)21-12-13-25-27-21;23-17-5-3-7-20(22(17)24)29-14-12-28(13-15-29)11-1-2-16-30-21-8-4-6-18(26-21)19-9-10-25-27-19;23-18-6-1-2-8-21(18)28-15-13-27(14-16-28)12-3-4-17-29-22-9-5-7-19(25-22)20-10-11-24-26-20;23-17-18-5-4-9-24-22(18)29-14-12-28(13-15-29)11-1-2-16-30-21-7-3-6-19(26-21)20-8-10-25-27-20;1-29-20-7-5-10-23-22(20)28-15-13-27(14-16-28)12-2-3-17-30-21-8-4-6-18(25-21)19-9-11-24-26-19/h3-4,7-13H,2,5-6,14-19H2,1H3,(H,25,27);3-10H,1-2,11-16H2,(H,25,27);1-2,5-11H,3-4,12-17H2,(H,24,26);3-10H,1-2,11-16H2,(H,25,27);4-11H,2-3,12-17H2,1H3,(H,24,26). The van der Waals surface area contributed by atoms with Crippen molar-refractivity contribution >= 4 is 63.5 Å². The van der Waals surface area contributed by atoms with Crippen LogP contribution in [-0.2, 0) is 0 Å². The van der Waals surface area contributed by atoms with Crippen LogP contribution in [0.1, 0.15) is 76.7 Å². The van der Waals surface area contributed by atoms with Crippen molar-refractivity contribution in [3.05, 3.63) is 276 Å². The lowest BCUT2D eigenvalue weighted by Crippen LogP contribution is -2.47. The van der Waals surface area contributed by atoms with Crippen molar-refractivity contribution in [3.8, 4) is 104 Å². The molecule has 0 atom stereocenters. The van der Waals surface area contributed by atoms with Gasteiger partial charge in [-0.2, -0.15) is 30.8 Å². The highest BCUT2D eigenvalue weighted by Crippen LogP contribution is 2.36. The highest BCUT2D eigenvalue weighted by molar-refractivity contribution is 6.43. The smallest absolute Gasteiger partial charge is 0.213 e. The Hall–Kier alpha value is -14.5. The van der Waals surface area contributed by atoms with E-state index < -0.39 is 0 Å². The quantitative estimate of drug-likeness (QED) is 0.0222. The second kappa shape index (κ2) is 59.1. The van der Waals surface area contributed by atoms with Crippen molar-refractivity contribution in [1.82, 2.24) is 110 Å². The van der Waals surface area contributed by atoms with Crippen molar-refractivity contribution in [2.45, 2.75) is 71.1 Å². The number of pyridine rings is 7. The van der Waals surface area contributed by atoms with Gasteiger partial charge < -0.3 is 57.7 Å². The Bertz CT molecular complexity index is 6440. The molecule has 0 radical (unpaired) electrons. The summed E-state index contributed by atoms with van der Waals surface area (Å²) in [5, 5.41) is 45.8. The van der Waals surface area contributed by atoms with Crippen molar-refractivity contribution in [2.24, 2.45) is 0 Å². The number of nitrogens with zero attached hydrogens (tertiary/aromatic N) is 23. The predicted molar refractivity (Wildman–Crippen MR) is 591 cm³/mol. The van der Waals surface area contributed by atoms with Gasteiger partial charge in [-0.15, -0.1) is 0 Å². The average Bonchev–Trinajstić information content (AvgIpc) is 1.10. The van der Waals surface area contributed by atoms with Gasteiger partial charge >= 0.3 is 0 Å². The van der Waals surface area contributed by atoms with Gasteiger partial charge in [-0.3, -0.25) is 50.0 Å². The number of hydrogen-bond donors (Lipinski definition) is 5. The summed E-state index contributed by atoms with van der Waals surface area (Å²) < 4.78 is 40.4. The summed E-state index contributed by atoms with van der Waals surface area (Å²) >= 11 is 18.8. The summed E-state index contributed by atoms with van der Waals surface area (Å²) in [6.07, 6.45) is 22.7. The fourth-order valence-electron chi connectivity index (χ4n) is 18.2. The number of aromatic nitrogens is 17. The Labute approximate surface area is 893 Å². The van der Waals surface area contributed by atoms with Crippen LogP contribution in [0.4, 0.5) is 28.7 Å². The molecule has 38 heteroatoms. The molecule has 20 rings (SSSR count). The molecule has 15 aromatic rings. The first kappa shape index (κ1) is 108. The molecule has 0 saturated carbocycles. The maximum Gasteiger partial charge on any atom is 0.213 e. The molecule has 0 spiro atoms. The van der Waals surface area contributed by atoms with Gasteiger partial charge in [-0.25, -0.2) is 34.9 Å². The topological polar surface area (TPSA) is 354 Å². The minimum absolute atomic E-state index is 0.612. The highest BCUT2D eigenvalue weighted by Gasteiger charge is 2.27. The average molecular weight is 2090 g/mol. The molecule has 5 aliphatic heterocycles. The van der Waals surface area contributed by atoms with Gasteiger partial charge in [0.2, 0.25) is 29.4 Å². The van der Waals surface area contributed by atoms with Crippen LogP contribution in [0.3, 0.4) is 0 Å². The molecule has 0 aliphatic carbocycles. The summed E-state index contributed by atoms with van der Waals surface area (Å²) in [7, 11) is 1.70. The Morgan fingerprint density at radius 1 is 0.280 bits per heavy atom. The highest BCUT2D eigenvalue weighted by atomic mass is 35.5. The van der Waals surface area contributed by atoms with Gasteiger partial charge in [0.25, 0.3) is 0 Å². The number of halogens is 3. The monoisotopic (exact) mass is 2090 g/mol. The minimum Gasteiger partial charge on any atom is -0.493 e. The van der Waals surface area contributed by atoms with Gasteiger partial charge in [0.1, 0.15) is 17.6 Å². The number of rotatable bonds is 43. The molecule has 3 aromatic carbocycles. The van der Waals surface area contributed by atoms with Crippen LogP contribution in [0, 0.1) is 11.3 Å². The molecule has 5 N–H and O–H groups in total. The zero-order valence-electron chi connectivity index (χ0n) is 85.5. The maximum absolute atomic E-state index is 9.27. The molecule has 0 amide bonds. The van der Waals surface area contributed by atoms with Crippen molar-refractivity contribution in [3.63, 3.8) is 0 Å². The number of aromatic amines is 5. The number of anilines is 5. The van der Waals surface area contributed by atoms with E-state index in [4.69, 9.17) is 68.0 Å². The van der Waals surface area contributed by atoms with E-state index >= 15 is 0 Å². The lowest BCUT2D eigenvalue weighted by atomic mass is 10.2. The first-order valence-corrected chi connectivity index (χ1v) is 53.2. The number of unbranched alkanes of at least 4 members (excludes halogenated alkanes) is 5. The van der Waals surface area contributed by atoms with Gasteiger partial charge in [0.15, 0.2) is 11.6 Å². The second-order valence-corrected chi connectivity index (χ2v) is 37.7. The molecule has 0 bridgehead atoms. The summed E-state index contributed by atoms with van der Waals surface area (Å²) in [5.41, 5.74) is 12.7. The SMILES string of the molecule is CCOc1ccccc1N1CCN(CCCCOc2cccc(-c3ccn[nH]3)n2)CC1.COc1cccnc1N1CCN(CCCCOc2cccc(-c3ccn[nH]3)n2)CC1.Clc1cccc(N2CCN(CCCCOc3cccc(-c4ccn[nH]4)n3)CC2)c1Cl.Clc1ccccc1N1CCN(CCCCOc2cccc(-c3ccn[nH]3)n2)CC1.N#Cc1cccnc1N1CCN(CCCCOc2cccc(-c3ccn[nH]3)n2)CC1. The van der Waals surface area contributed by atoms with E-state index in [1.54, 1.807) is 44.3 Å². The van der Waals surface area contributed by atoms with Gasteiger partial charge in [-0.1, -0.05) is 95.5 Å².